The van der Waals surface area contributed by atoms with E-state index in [0.717, 1.165) is 10.4 Å². The Morgan fingerprint density at radius 1 is 1.58 bits per heavy atom. The summed E-state index contributed by atoms with van der Waals surface area (Å²) >= 11 is 3.28. The van der Waals surface area contributed by atoms with Gasteiger partial charge in [-0.05, 0) is 28.1 Å². The Labute approximate surface area is 80.2 Å². The quantitative estimate of drug-likeness (QED) is 0.796. The Balaban J connectivity index is 2.73. The molecule has 0 saturated heterocycles. The number of aromatic nitrogens is 1. The molecule has 1 heterocycles. The van der Waals surface area contributed by atoms with E-state index < -0.39 is 0 Å². The van der Waals surface area contributed by atoms with E-state index in [9.17, 15) is 0 Å². The van der Waals surface area contributed by atoms with Gasteiger partial charge in [0.1, 0.15) is 10.4 Å². The van der Waals surface area contributed by atoms with Gasteiger partial charge in [0, 0.05) is 13.6 Å². The number of rotatable bonds is 3. The van der Waals surface area contributed by atoms with Gasteiger partial charge in [-0.15, -0.1) is 0 Å². The molecule has 0 aromatic carbocycles. The lowest BCUT2D eigenvalue weighted by Crippen LogP contribution is -2.22. The van der Waals surface area contributed by atoms with Crippen molar-refractivity contribution in [3.8, 4) is 0 Å². The van der Waals surface area contributed by atoms with Gasteiger partial charge in [0.05, 0.1) is 6.61 Å². The largest absolute Gasteiger partial charge is 0.395 e. The van der Waals surface area contributed by atoms with E-state index in [-0.39, 0.29) is 6.61 Å². The first-order valence-corrected chi connectivity index (χ1v) is 4.48. The monoisotopic (exact) mass is 230 g/mol. The molecule has 0 bridgehead atoms. The molecule has 0 unspecified atom stereocenters. The van der Waals surface area contributed by atoms with E-state index >= 15 is 0 Å². The Hall–Kier alpha value is -0.610. The molecule has 0 fully saturated rings. The molecule has 0 aliphatic rings. The molecule has 1 aromatic heterocycles. The van der Waals surface area contributed by atoms with Crippen LogP contribution >= 0.6 is 15.9 Å². The second kappa shape index (κ2) is 4.42. The van der Waals surface area contributed by atoms with E-state index in [1.807, 2.05) is 30.1 Å². The maximum absolute atomic E-state index is 8.69. The second-order valence-electron chi connectivity index (χ2n) is 2.46. The molecule has 4 heteroatoms. The summed E-state index contributed by atoms with van der Waals surface area (Å²) in [6.45, 7) is 0.744. The molecule has 0 amide bonds. The van der Waals surface area contributed by atoms with E-state index in [1.54, 1.807) is 0 Å². The van der Waals surface area contributed by atoms with Crippen LogP contribution in [-0.4, -0.2) is 30.3 Å². The van der Waals surface area contributed by atoms with Gasteiger partial charge in [-0.3, -0.25) is 0 Å². The summed E-state index contributed by atoms with van der Waals surface area (Å²) in [5.74, 6) is 0.860. The number of hydrogen-bond acceptors (Lipinski definition) is 3. The molecule has 0 saturated carbocycles. The summed E-state index contributed by atoms with van der Waals surface area (Å²) < 4.78 is 0.810. The SMILES string of the molecule is CN(CCO)c1cccc(Br)n1. The third kappa shape index (κ3) is 2.46. The molecule has 0 aliphatic heterocycles. The minimum atomic E-state index is 0.144. The molecule has 3 nitrogen and oxygen atoms in total. The van der Waals surface area contributed by atoms with E-state index in [4.69, 9.17) is 5.11 Å². The van der Waals surface area contributed by atoms with Crippen molar-refractivity contribution in [1.29, 1.82) is 0 Å². The summed E-state index contributed by atoms with van der Waals surface area (Å²) in [6.07, 6.45) is 0. The number of aliphatic hydroxyl groups excluding tert-OH is 1. The molecular formula is C8H11BrN2O. The van der Waals surface area contributed by atoms with Gasteiger partial charge < -0.3 is 10.0 Å². The topological polar surface area (TPSA) is 36.4 Å². The average Bonchev–Trinajstić information content (AvgIpc) is 2.05. The fraction of sp³-hybridized carbons (Fsp3) is 0.375. The smallest absolute Gasteiger partial charge is 0.129 e. The predicted octanol–water partition coefficient (Wildman–Crippen LogP) is 1.27. The van der Waals surface area contributed by atoms with Crippen LogP contribution in [-0.2, 0) is 0 Å². The van der Waals surface area contributed by atoms with Crippen LogP contribution in [0.2, 0.25) is 0 Å². The number of halogens is 1. The fourth-order valence-electron chi connectivity index (χ4n) is 0.875. The summed E-state index contributed by atoms with van der Waals surface area (Å²) in [6, 6.07) is 5.69. The van der Waals surface area contributed by atoms with Crippen molar-refractivity contribution in [2.45, 2.75) is 0 Å². The Morgan fingerprint density at radius 3 is 2.92 bits per heavy atom. The first-order chi connectivity index (χ1) is 5.74. The molecule has 0 spiro atoms. The molecule has 12 heavy (non-hydrogen) atoms. The predicted molar refractivity (Wildman–Crippen MR) is 52.3 cm³/mol. The van der Waals surface area contributed by atoms with Crippen molar-refractivity contribution in [3.63, 3.8) is 0 Å². The first kappa shape index (κ1) is 9.48. The highest BCUT2D eigenvalue weighted by Gasteiger charge is 2.00. The zero-order valence-electron chi connectivity index (χ0n) is 6.87. The summed E-state index contributed by atoms with van der Waals surface area (Å²) in [7, 11) is 1.89. The molecule has 1 aromatic rings. The zero-order valence-corrected chi connectivity index (χ0v) is 8.45. The molecule has 66 valence electrons. The minimum Gasteiger partial charge on any atom is -0.395 e. The lowest BCUT2D eigenvalue weighted by molar-refractivity contribution is 0.304. The Kier molecular flexibility index (Phi) is 3.49. The summed E-state index contributed by atoms with van der Waals surface area (Å²) in [5.41, 5.74) is 0. The lowest BCUT2D eigenvalue weighted by Gasteiger charge is -2.16. The van der Waals surface area contributed by atoms with Gasteiger partial charge in [0.25, 0.3) is 0 Å². The van der Waals surface area contributed by atoms with Gasteiger partial charge in [0.2, 0.25) is 0 Å². The maximum atomic E-state index is 8.69. The van der Waals surface area contributed by atoms with E-state index in [1.165, 1.54) is 0 Å². The third-order valence-corrected chi connectivity index (χ3v) is 1.97. The van der Waals surface area contributed by atoms with E-state index in [0.29, 0.717) is 6.54 Å². The Bertz CT molecular complexity index is 255. The van der Waals surface area contributed by atoms with Crippen molar-refractivity contribution >= 4 is 21.7 Å². The van der Waals surface area contributed by atoms with Gasteiger partial charge in [-0.25, -0.2) is 4.98 Å². The number of anilines is 1. The van der Waals surface area contributed by atoms with Gasteiger partial charge >= 0.3 is 0 Å². The maximum Gasteiger partial charge on any atom is 0.129 e. The summed E-state index contributed by atoms with van der Waals surface area (Å²) in [5, 5.41) is 8.69. The van der Waals surface area contributed by atoms with Gasteiger partial charge in [0.15, 0.2) is 0 Å². The van der Waals surface area contributed by atoms with Crippen molar-refractivity contribution in [2.24, 2.45) is 0 Å². The molecule has 1 rings (SSSR count). The normalized spacial score (nSPS) is 9.92. The molecule has 0 atom stereocenters. The van der Waals surface area contributed by atoms with Crippen LogP contribution < -0.4 is 4.90 Å². The highest BCUT2D eigenvalue weighted by Crippen LogP contribution is 2.12. The number of nitrogens with zero attached hydrogens (tertiary/aromatic N) is 2. The van der Waals surface area contributed by atoms with Crippen LogP contribution in [0.4, 0.5) is 5.82 Å². The molecule has 0 radical (unpaired) electrons. The molecule has 0 aliphatic carbocycles. The molecular weight excluding hydrogens is 220 g/mol. The van der Waals surface area contributed by atoms with E-state index in [2.05, 4.69) is 20.9 Å². The van der Waals surface area contributed by atoms with Crippen LogP contribution in [0, 0.1) is 0 Å². The highest BCUT2D eigenvalue weighted by atomic mass is 79.9. The van der Waals surface area contributed by atoms with Gasteiger partial charge in [-0.1, -0.05) is 6.07 Å². The average molecular weight is 231 g/mol. The van der Waals surface area contributed by atoms with Crippen LogP contribution in [0.3, 0.4) is 0 Å². The van der Waals surface area contributed by atoms with Crippen LogP contribution in [0.25, 0.3) is 0 Å². The van der Waals surface area contributed by atoms with Gasteiger partial charge in [-0.2, -0.15) is 0 Å². The third-order valence-electron chi connectivity index (χ3n) is 1.53. The number of hydrogen-bond donors (Lipinski definition) is 1. The number of likely N-dealkylation sites (N-methyl/N-ethyl adjacent to an activating group) is 1. The van der Waals surface area contributed by atoms with Crippen LogP contribution in [0.1, 0.15) is 0 Å². The lowest BCUT2D eigenvalue weighted by atomic mass is 10.4. The highest BCUT2D eigenvalue weighted by molar-refractivity contribution is 9.10. The zero-order chi connectivity index (χ0) is 8.97. The Morgan fingerprint density at radius 2 is 2.33 bits per heavy atom. The fourth-order valence-corrected chi connectivity index (χ4v) is 1.21. The first-order valence-electron chi connectivity index (χ1n) is 3.68. The second-order valence-corrected chi connectivity index (χ2v) is 3.28. The van der Waals surface area contributed by atoms with Crippen molar-refractivity contribution in [3.05, 3.63) is 22.8 Å². The molecule has 1 N–H and O–H groups in total. The summed E-state index contributed by atoms with van der Waals surface area (Å²) in [4.78, 5) is 6.12. The number of aliphatic hydroxyl groups is 1. The standard InChI is InChI=1S/C8H11BrN2O/c1-11(5-6-12)8-4-2-3-7(9)10-8/h2-4,12H,5-6H2,1H3. The van der Waals surface area contributed by atoms with Crippen LogP contribution in [0.5, 0.6) is 0 Å². The van der Waals surface area contributed by atoms with Crippen molar-refractivity contribution in [1.82, 2.24) is 4.98 Å². The van der Waals surface area contributed by atoms with Crippen molar-refractivity contribution in [2.75, 3.05) is 25.1 Å². The number of pyridine rings is 1. The van der Waals surface area contributed by atoms with Crippen molar-refractivity contribution < 1.29 is 5.11 Å². The van der Waals surface area contributed by atoms with Crippen LogP contribution in [0.15, 0.2) is 22.8 Å². The minimum absolute atomic E-state index is 0.144.